The number of carboxylic acid groups (broad SMARTS) is 1. The van der Waals surface area contributed by atoms with E-state index in [1.807, 2.05) is 0 Å². The topological polar surface area (TPSA) is 110 Å². The van der Waals surface area contributed by atoms with Gasteiger partial charge in [0.2, 0.25) is 0 Å². The summed E-state index contributed by atoms with van der Waals surface area (Å²) in [5, 5.41) is 21.5. The van der Waals surface area contributed by atoms with Gasteiger partial charge in [0.1, 0.15) is 0 Å². The number of nitro groups is 1. The number of aliphatic carboxylic acids is 1. The van der Waals surface area contributed by atoms with Crippen LogP contribution in [0.1, 0.15) is 32.6 Å². The number of nitrogens with zero attached hydrogens (tertiary/aromatic N) is 1. The molecule has 0 bridgehead atoms. The molecule has 0 aromatic carbocycles. The average Bonchev–Trinajstić information content (AvgIpc) is 2.20. The van der Waals surface area contributed by atoms with Gasteiger partial charge in [-0.3, -0.25) is 14.9 Å². The van der Waals surface area contributed by atoms with Crippen molar-refractivity contribution in [1.82, 2.24) is 5.32 Å². The maximum absolute atomic E-state index is 11.4. The van der Waals surface area contributed by atoms with Crippen LogP contribution in [0, 0.1) is 16.0 Å². The molecule has 1 saturated carbocycles. The number of rotatable bonds is 4. The Morgan fingerprint density at radius 2 is 1.88 bits per heavy atom. The van der Waals surface area contributed by atoms with Crippen LogP contribution in [0.4, 0.5) is 0 Å². The molecule has 17 heavy (non-hydrogen) atoms. The number of hydrogen-bond acceptors (Lipinski definition) is 4. The molecule has 1 rings (SSSR count). The first kappa shape index (κ1) is 13.4. The van der Waals surface area contributed by atoms with Gasteiger partial charge in [0.05, 0.1) is 0 Å². The van der Waals surface area contributed by atoms with Crippen molar-refractivity contribution in [3.63, 3.8) is 0 Å². The minimum Gasteiger partial charge on any atom is -0.476 e. The largest absolute Gasteiger partial charge is 0.476 e. The fourth-order valence-corrected chi connectivity index (χ4v) is 1.98. The summed E-state index contributed by atoms with van der Waals surface area (Å²) in [5.41, 5.74) is 0. The van der Waals surface area contributed by atoms with Crippen LogP contribution in [0.3, 0.4) is 0 Å². The SMILES string of the molecule is CC1CCC(NC(=O)C(C(=O)O)[N+](=O)[O-])CC1. The summed E-state index contributed by atoms with van der Waals surface area (Å²) >= 11 is 0. The lowest BCUT2D eigenvalue weighted by molar-refractivity contribution is -0.496. The monoisotopic (exact) mass is 244 g/mol. The molecule has 1 aliphatic rings. The number of nitrogens with one attached hydrogen (secondary N) is 1. The van der Waals surface area contributed by atoms with Crippen molar-refractivity contribution in [2.75, 3.05) is 0 Å². The van der Waals surface area contributed by atoms with Gasteiger partial charge in [-0.05, 0) is 31.6 Å². The third-order valence-electron chi connectivity index (χ3n) is 3.06. The van der Waals surface area contributed by atoms with Crippen LogP contribution in [0.25, 0.3) is 0 Å². The molecule has 1 amide bonds. The lowest BCUT2D eigenvalue weighted by atomic mass is 9.87. The van der Waals surface area contributed by atoms with Crippen LogP contribution in [-0.4, -0.2) is 34.0 Å². The number of carbonyl (C=O) groups is 2. The van der Waals surface area contributed by atoms with E-state index in [9.17, 15) is 19.7 Å². The van der Waals surface area contributed by atoms with Gasteiger partial charge in [-0.15, -0.1) is 0 Å². The van der Waals surface area contributed by atoms with Gasteiger partial charge in [0.25, 0.3) is 0 Å². The molecule has 0 heterocycles. The summed E-state index contributed by atoms with van der Waals surface area (Å²) in [6, 6.07) is -2.34. The molecule has 1 fully saturated rings. The first-order chi connectivity index (χ1) is 7.91. The van der Waals surface area contributed by atoms with Crippen molar-refractivity contribution in [2.45, 2.75) is 44.7 Å². The lowest BCUT2D eigenvalue weighted by Crippen LogP contribution is -2.49. The van der Waals surface area contributed by atoms with Gasteiger partial charge in [0.15, 0.2) is 0 Å². The minimum absolute atomic E-state index is 0.138. The van der Waals surface area contributed by atoms with E-state index in [0.29, 0.717) is 5.92 Å². The second-order valence-electron chi connectivity index (χ2n) is 4.49. The van der Waals surface area contributed by atoms with Crippen LogP contribution in [0.5, 0.6) is 0 Å². The highest BCUT2D eigenvalue weighted by molar-refractivity contribution is 5.99. The maximum atomic E-state index is 11.4. The Morgan fingerprint density at radius 1 is 1.35 bits per heavy atom. The highest BCUT2D eigenvalue weighted by Crippen LogP contribution is 2.23. The molecule has 0 radical (unpaired) electrons. The molecular weight excluding hydrogens is 228 g/mol. The molecule has 0 aromatic heterocycles. The average molecular weight is 244 g/mol. The summed E-state index contributed by atoms with van der Waals surface area (Å²) < 4.78 is 0. The Balaban J connectivity index is 2.53. The fourth-order valence-electron chi connectivity index (χ4n) is 1.98. The van der Waals surface area contributed by atoms with E-state index in [-0.39, 0.29) is 6.04 Å². The number of carbonyl (C=O) groups excluding carboxylic acids is 1. The van der Waals surface area contributed by atoms with Crippen molar-refractivity contribution in [3.05, 3.63) is 10.1 Å². The smallest absolute Gasteiger partial charge is 0.389 e. The van der Waals surface area contributed by atoms with Gasteiger partial charge in [-0.25, -0.2) is 4.79 Å². The number of hydrogen-bond donors (Lipinski definition) is 2. The molecule has 7 nitrogen and oxygen atoms in total. The van der Waals surface area contributed by atoms with E-state index in [0.717, 1.165) is 25.7 Å². The molecule has 1 aliphatic carbocycles. The molecule has 2 N–H and O–H groups in total. The molecule has 0 spiro atoms. The molecule has 0 saturated heterocycles. The summed E-state index contributed by atoms with van der Waals surface area (Å²) in [4.78, 5) is 31.4. The highest BCUT2D eigenvalue weighted by Gasteiger charge is 2.39. The Hall–Kier alpha value is -1.66. The van der Waals surface area contributed by atoms with E-state index in [2.05, 4.69) is 12.2 Å². The van der Waals surface area contributed by atoms with Gasteiger partial charge in [0, 0.05) is 11.0 Å². The molecule has 1 atom stereocenters. The number of amides is 1. The molecule has 0 aliphatic heterocycles. The van der Waals surface area contributed by atoms with Gasteiger partial charge < -0.3 is 10.4 Å². The van der Waals surface area contributed by atoms with Crippen LogP contribution < -0.4 is 5.32 Å². The first-order valence-corrected chi connectivity index (χ1v) is 5.58. The van der Waals surface area contributed by atoms with Crippen molar-refractivity contribution in [3.8, 4) is 0 Å². The maximum Gasteiger partial charge on any atom is 0.389 e. The van der Waals surface area contributed by atoms with Crippen LogP contribution in [-0.2, 0) is 9.59 Å². The number of carboxylic acids is 1. The lowest BCUT2D eigenvalue weighted by Gasteiger charge is -2.26. The molecule has 1 unspecified atom stereocenters. The quantitative estimate of drug-likeness (QED) is 0.423. The molecular formula is C10H16N2O5. The zero-order valence-electron chi connectivity index (χ0n) is 9.59. The van der Waals surface area contributed by atoms with Crippen LogP contribution in [0.2, 0.25) is 0 Å². The van der Waals surface area contributed by atoms with E-state index in [1.54, 1.807) is 0 Å². The summed E-state index contributed by atoms with van der Waals surface area (Å²) in [7, 11) is 0. The summed E-state index contributed by atoms with van der Waals surface area (Å²) in [6.45, 7) is 2.11. The Kier molecular flexibility index (Phi) is 4.42. The predicted molar refractivity (Wildman–Crippen MR) is 58.0 cm³/mol. The second-order valence-corrected chi connectivity index (χ2v) is 4.49. The molecule has 7 heteroatoms. The van der Waals surface area contributed by atoms with Crippen molar-refractivity contribution >= 4 is 11.9 Å². The van der Waals surface area contributed by atoms with E-state index in [1.165, 1.54) is 0 Å². The van der Waals surface area contributed by atoms with Gasteiger partial charge in [-0.1, -0.05) is 6.92 Å². The van der Waals surface area contributed by atoms with Crippen molar-refractivity contribution in [1.29, 1.82) is 0 Å². The van der Waals surface area contributed by atoms with Crippen LogP contribution in [0.15, 0.2) is 0 Å². The normalized spacial score (nSPS) is 25.9. The standard InChI is InChI=1S/C10H16N2O5/c1-6-2-4-7(5-3-6)11-9(13)8(10(14)15)12(16)17/h6-8H,2-5H2,1H3,(H,11,13)(H,14,15). The third-order valence-corrected chi connectivity index (χ3v) is 3.06. The summed E-state index contributed by atoms with van der Waals surface area (Å²) in [5.74, 6) is -2.16. The molecule has 96 valence electrons. The zero-order chi connectivity index (χ0) is 13.0. The zero-order valence-corrected chi connectivity index (χ0v) is 9.59. The Labute approximate surface area is 98.3 Å². The third kappa shape index (κ3) is 3.69. The van der Waals surface area contributed by atoms with Gasteiger partial charge in [-0.2, -0.15) is 0 Å². The minimum atomic E-state index is -2.20. The van der Waals surface area contributed by atoms with Gasteiger partial charge >= 0.3 is 17.9 Å². The highest BCUT2D eigenvalue weighted by atomic mass is 16.6. The Bertz CT molecular complexity index is 309. The van der Waals surface area contributed by atoms with Crippen molar-refractivity contribution in [2.24, 2.45) is 5.92 Å². The van der Waals surface area contributed by atoms with E-state index in [4.69, 9.17) is 5.11 Å². The van der Waals surface area contributed by atoms with Crippen molar-refractivity contribution < 1.29 is 19.6 Å². The first-order valence-electron chi connectivity index (χ1n) is 5.58. The summed E-state index contributed by atoms with van der Waals surface area (Å²) in [6.07, 6.45) is 3.39. The molecule has 0 aromatic rings. The van der Waals surface area contributed by atoms with E-state index >= 15 is 0 Å². The fraction of sp³-hybridized carbons (Fsp3) is 0.800. The second kappa shape index (κ2) is 5.60. The Morgan fingerprint density at radius 3 is 2.29 bits per heavy atom. The predicted octanol–water partition coefficient (Wildman–Crippen LogP) is 0.411. The van der Waals surface area contributed by atoms with E-state index < -0.39 is 22.8 Å². The van der Waals surface area contributed by atoms with Crippen LogP contribution >= 0.6 is 0 Å².